The Kier molecular flexibility index (Phi) is 2.94. The zero-order valence-electron chi connectivity index (χ0n) is 13.0. The number of furan rings is 1. The lowest BCUT2D eigenvalue weighted by Gasteiger charge is -2.30. The number of amides is 1. The number of rotatable bonds is 2. The van der Waals surface area contributed by atoms with Gasteiger partial charge in [-0.1, -0.05) is 30.3 Å². The SMILES string of the molecule is CC(C)N1Cc2cc(O)cc3oc(-c4ccccc4)c(c23)C1=O. The Hall–Kier alpha value is -2.75. The average molecular weight is 307 g/mol. The van der Waals surface area contributed by atoms with Crippen LogP contribution in [0.15, 0.2) is 46.9 Å². The number of carbonyl (C=O) groups is 1. The summed E-state index contributed by atoms with van der Waals surface area (Å²) in [7, 11) is 0. The van der Waals surface area contributed by atoms with Crippen molar-refractivity contribution in [1.82, 2.24) is 4.90 Å². The van der Waals surface area contributed by atoms with Gasteiger partial charge in [0, 0.05) is 29.6 Å². The highest BCUT2D eigenvalue weighted by Gasteiger charge is 2.33. The van der Waals surface area contributed by atoms with Crippen molar-refractivity contribution in [1.29, 1.82) is 0 Å². The second-order valence-electron chi connectivity index (χ2n) is 6.18. The van der Waals surface area contributed by atoms with Crippen molar-refractivity contribution in [2.75, 3.05) is 0 Å². The van der Waals surface area contributed by atoms with Gasteiger partial charge >= 0.3 is 0 Å². The number of phenols is 1. The van der Waals surface area contributed by atoms with Crippen LogP contribution >= 0.6 is 0 Å². The molecule has 2 heterocycles. The van der Waals surface area contributed by atoms with Crippen LogP contribution in [0.25, 0.3) is 22.3 Å². The third kappa shape index (κ3) is 2.02. The molecular formula is C19H17NO3. The van der Waals surface area contributed by atoms with E-state index in [-0.39, 0.29) is 17.7 Å². The Morgan fingerprint density at radius 2 is 1.91 bits per heavy atom. The largest absolute Gasteiger partial charge is 0.508 e. The van der Waals surface area contributed by atoms with E-state index in [2.05, 4.69) is 0 Å². The van der Waals surface area contributed by atoms with Gasteiger partial charge in [-0.25, -0.2) is 0 Å². The lowest BCUT2D eigenvalue weighted by atomic mass is 9.96. The van der Waals surface area contributed by atoms with Gasteiger partial charge in [0.1, 0.15) is 17.1 Å². The van der Waals surface area contributed by atoms with Gasteiger partial charge < -0.3 is 14.4 Å². The van der Waals surface area contributed by atoms with Gasteiger partial charge in [-0.2, -0.15) is 0 Å². The molecule has 1 N–H and O–H groups in total. The van der Waals surface area contributed by atoms with E-state index < -0.39 is 0 Å². The van der Waals surface area contributed by atoms with E-state index in [1.807, 2.05) is 44.2 Å². The van der Waals surface area contributed by atoms with Crippen LogP contribution in [-0.2, 0) is 6.54 Å². The van der Waals surface area contributed by atoms with Crippen LogP contribution in [0.4, 0.5) is 0 Å². The fourth-order valence-electron chi connectivity index (χ4n) is 3.23. The van der Waals surface area contributed by atoms with Gasteiger partial charge in [0.25, 0.3) is 5.91 Å². The summed E-state index contributed by atoms with van der Waals surface area (Å²) in [5.74, 6) is 0.712. The van der Waals surface area contributed by atoms with E-state index in [9.17, 15) is 9.90 Å². The minimum Gasteiger partial charge on any atom is -0.508 e. The fourth-order valence-corrected chi connectivity index (χ4v) is 3.23. The average Bonchev–Trinajstić information content (AvgIpc) is 2.91. The second-order valence-corrected chi connectivity index (χ2v) is 6.18. The number of aromatic hydroxyl groups is 1. The molecular weight excluding hydrogens is 290 g/mol. The number of benzene rings is 2. The molecule has 1 aliphatic heterocycles. The number of carbonyl (C=O) groups excluding carboxylic acids is 1. The Bertz CT molecular complexity index is 909. The Morgan fingerprint density at radius 1 is 1.17 bits per heavy atom. The monoisotopic (exact) mass is 307 g/mol. The van der Waals surface area contributed by atoms with Crippen LogP contribution in [0.3, 0.4) is 0 Å². The first-order valence-corrected chi connectivity index (χ1v) is 7.71. The van der Waals surface area contributed by atoms with Crippen LogP contribution in [-0.4, -0.2) is 22.0 Å². The van der Waals surface area contributed by atoms with Crippen molar-refractivity contribution in [3.8, 4) is 17.1 Å². The maximum Gasteiger partial charge on any atom is 0.258 e. The van der Waals surface area contributed by atoms with Crippen LogP contribution in [0, 0.1) is 0 Å². The lowest BCUT2D eigenvalue weighted by Crippen LogP contribution is -2.38. The molecule has 0 aliphatic carbocycles. The fraction of sp³-hybridized carbons (Fsp3) is 0.211. The number of hydrogen-bond acceptors (Lipinski definition) is 3. The van der Waals surface area contributed by atoms with Gasteiger partial charge in [0.15, 0.2) is 0 Å². The maximum absolute atomic E-state index is 13.0. The predicted molar refractivity (Wildman–Crippen MR) is 88.3 cm³/mol. The minimum atomic E-state index is -0.0178. The molecule has 0 unspecified atom stereocenters. The number of nitrogens with zero attached hydrogens (tertiary/aromatic N) is 1. The van der Waals surface area contributed by atoms with Gasteiger partial charge in [-0.15, -0.1) is 0 Å². The summed E-state index contributed by atoms with van der Waals surface area (Å²) >= 11 is 0. The van der Waals surface area contributed by atoms with Gasteiger partial charge in [-0.05, 0) is 25.5 Å². The molecule has 1 aliphatic rings. The molecule has 1 amide bonds. The zero-order valence-corrected chi connectivity index (χ0v) is 13.0. The van der Waals surface area contributed by atoms with E-state index in [1.165, 1.54) is 0 Å². The summed E-state index contributed by atoms with van der Waals surface area (Å²) in [6.07, 6.45) is 0. The van der Waals surface area contributed by atoms with Crippen LogP contribution < -0.4 is 0 Å². The normalized spacial score (nSPS) is 14.0. The standard InChI is InChI=1S/C19H17NO3/c1-11(2)20-10-13-8-14(21)9-15-16(13)17(19(20)22)18(23-15)12-6-4-3-5-7-12/h3-9,11,21H,10H2,1-2H3. The third-order valence-electron chi connectivity index (χ3n) is 4.33. The highest BCUT2D eigenvalue weighted by atomic mass is 16.3. The minimum absolute atomic E-state index is 0.0178. The highest BCUT2D eigenvalue weighted by Crippen LogP contribution is 2.41. The Balaban J connectivity index is 2.05. The predicted octanol–water partition coefficient (Wildman–Crippen LogP) is 4.17. The van der Waals surface area contributed by atoms with Crippen molar-refractivity contribution in [2.24, 2.45) is 0 Å². The molecule has 3 aromatic rings. The topological polar surface area (TPSA) is 53.7 Å². The quantitative estimate of drug-likeness (QED) is 0.773. The Morgan fingerprint density at radius 3 is 2.61 bits per heavy atom. The highest BCUT2D eigenvalue weighted by molar-refractivity contribution is 6.14. The summed E-state index contributed by atoms with van der Waals surface area (Å²) in [6.45, 7) is 4.47. The summed E-state index contributed by atoms with van der Waals surface area (Å²) in [4.78, 5) is 14.8. The molecule has 116 valence electrons. The Labute approximate surface area is 133 Å². The summed E-state index contributed by atoms with van der Waals surface area (Å²) in [5, 5.41) is 10.8. The third-order valence-corrected chi connectivity index (χ3v) is 4.33. The molecule has 2 aromatic carbocycles. The second kappa shape index (κ2) is 4.88. The number of hydrogen-bond donors (Lipinski definition) is 1. The molecule has 1 aromatic heterocycles. The summed E-state index contributed by atoms with van der Waals surface area (Å²) in [6, 6.07) is 13.0. The van der Waals surface area contributed by atoms with Gasteiger partial charge in [-0.3, -0.25) is 4.79 Å². The van der Waals surface area contributed by atoms with E-state index in [0.29, 0.717) is 23.5 Å². The molecule has 23 heavy (non-hydrogen) atoms. The van der Waals surface area contributed by atoms with Crippen LogP contribution in [0.5, 0.6) is 5.75 Å². The van der Waals surface area contributed by atoms with Gasteiger partial charge in [0.2, 0.25) is 0 Å². The van der Waals surface area contributed by atoms with Gasteiger partial charge in [0.05, 0.1) is 5.56 Å². The van der Waals surface area contributed by atoms with Crippen molar-refractivity contribution < 1.29 is 14.3 Å². The molecule has 0 atom stereocenters. The first kappa shape index (κ1) is 13.9. The first-order chi connectivity index (χ1) is 11.1. The molecule has 0 bridgehead atoms. The molecule has 4 nitrogen and oxygen atoms in total. The van der Waals surface area contributed by atoms with Crippen LogP contribution in [0.1, 0.15) is 29.8 Å². The summed E-state index contributed by atoms with van der Waals surface area (Å²) in [5.41, 5.74) is 2.95. The smallest absolute Gasteiger partial charge is 0.258 e. The maximum atomic E-state index is 13.0. The van der Waals surface area contributed by atoms with Crippen molar-refractivity contribution >= 4 is 16.9 Å². The van der Waals surface area contributed by atoms with E-state index in [1.54, 1.807) is 17.0 Å². The molecule has 0 saturated heterocycles. The molecule has 4 rings (SSSR count). The van der Waals surface area contributed by atoms with Crippen LogP contribution in [0.2, 0.25) is 0 Å². The summed E-state index contributed by atoms with van der Waals surface area (Å²) < 4.78 is 5.97. The van der Waals surface area contributed by atoms with E-state index in [4.69, 9.17) is 4.42 Å². The molecule has 4 heteroatoms. The molecule has 0 fully saturated rings. The lowest BCUT2D eigenvalue weighted by molar-refractivity contribution is 0.0684. The van der Waals surface area contributed by atoms with Crippen molar-refractivity contribution in [3.05, 3.63) is 53.6 Å². The van der Waals surface area contributed by atoms with Crippen molar-refractivity contribution in [2.45, 2.75) is 26.4 Å². The zero-order chi connectivity index (χ0) is 16.1. The molecule has 0 radical (unpaired) electrons. The first-order valence-electron chi connectivity index (χ1n) is 7.71. The number of phenolic OH excluding ortho intramolecular Hbond substituents is 1. The van der Waals surface area contributed by atoms with Crippen molar-refractivity contribution in [3.63, 3.8) is 0 Å². The molecule has 0 saturated carbocycles. The van der Waals surface area contributed by atoms with E-state index in [0.717, 1.165) is 16.5 Å². The molecule has 0 spiro atoms. The van der Waals surface area contributed by atoms with E-state index >= 15 is 0 Å².